The predicted octanol–water partition coefficient (Wildman–Crippen LogP) is 32.1. The number of fused-ring (bicyclic) bond motifs is 19. The summed E-state index contributed by atoms with van der Waals surface area (Å²) in [6.07, 6.45) is 0. The number of para-hydroxylation sites is 3. The SMILES string of the molecule is CC1(C)c2ccccc2-c2ccc(-c3ccc(-c4cc5ccc6ccccc6n5n4)cc3)cc21.c1ccc(C2(c3ccccc3)c3ccccc3-c3ccc(-c4ccc(-c5cc6ccc7ccccc7n6n5)cc4)cc32)cc1.c1ccc2cc(-c3c4ccccc4c(-c4ccc5ccccc5c4)c4cc(-c5ccc(-c6cc7ccc8ccccc8n7n6)cc5)ccc34)ccc2c1. The Labute approximate surface area is 758 Å². The molecule has 27 rings (SSSR count). The molecule has 0 spiro atoms. The monoisotopic (exact) mass is 1670 g/mol. The van der Waals surface area contributed by atoms with Crippen LogP contribution in [0.3, 0.4) is 0 Å². The van der Waals surface area contributed by atoms with E-state index in [4.69, 9.17) is 15.3 Å². The van der Waals surface area contributed by atoms with Gasteiger partial charge in [-0.05, 0) is 239 Å². The van der Waals surface area contributed by atoms with Crippen LogP contribution in [0, 0.1) is 0 Å². The maximum absolute atomic E-state index is 5.02. The van der Waals surface area contributed by atoms with Gasteiger partial charge in [-0.1, -0.05) is 402 Å². The van der Waals surface area contributed by atoms with Gasteiger partial charge in [0.05, 0.1) is 55.6 Å². The van der Waals surface area contributed by atoms with Crippen molar-refractivity contribution in [2.75, 3.05) is 0 Å². The summed E-state index contributed by atoms with van der Waals surface area (Å²) < 4.78 is 6.13. The highest BCUT2D eigenvalue weighted by Gasteiger charge is 2.46. The summed E-state index contributed by atoms with van der Waals surface area (Å²) in [5.74, 6) is 0. The molecule has 0 saturated carbocycles. The first kappa shape index (κ1) is 76.5. The van der Waals surface area contributed by atoms with Crippen LogP contribution < -0.4 is 0 Å². The molecule has 25 aromatic rings. The molecule has 19 aromatic carbocycles. The Bertz CT molecular complexity index is 8820. The molecule has 0 amide bonds. The molecule has 131 heavy (non-hydrogen) atoms. The van der Waals surface area contributed by atoms with Gasteiger partial charge in [0.1, 0.15) is 0 Å². The molecule has 0 bridgehead atoms. The standard InChI is InChI=1S/C51H32N2.C42H28N2.C32H24N2/c1-3-12-38-29-41(23-19-33(38)9-1)50-44-14-6-7-15-45(44)51(42-24-20-34-10-2-4-13-39(34)30-42)47-31-40(26-28-46(47)50)35-17-21-36(22-18-35)48-32-43-27-25-37-11-5-8-16-49(37)53(43)52-48;1-3-12-33(13-4-1)42(34-14-5-2-6-15-34)38-17-9-8-16-36(38)37-26-24-32(27-39(37)42)29-19-21-30(22-20-29)40-28-35-25-23-31-11-7-10-18-41(31)44(35)43-40;1-32(2)28-9-5-4-8-26(28)27-18-16-24(19-29(27)32)21-11-13-22(14-12-21)30-20-25-17-15-23-7-3-6-10-31(23)34(25)33-30/h1-32H;1-28H;3-20H,1-2H3. The molecule has 614 valence electrons. The maximum Gasteiger partial charge on any atom is 0.0933 e. The normalized spacial score (nSPS) is 12.8. The van der Waals surface area contributed by atoms with Crippen LogP contribution in [-0.4, -0.2) is 28.8 Å². The second-order valence-electron chi connectivity index (χ2n) is 35.4. The summed E-state index contributed by atoms with van der Waals surface area (Å²) in [5.41, 5.74) is 38.2. The van der Waals surface area contributed by atoms with E-state index < -0.39 is 5.41 Å². The van der Waals surface area contributed by atoms with Crippen molar-refractivity contribution in [1.29, 1.82) is 0 Å². The minimum atomic E-state index is -0.399. The second-order valence-corrected chi connectivity index (χ2v) is 35.4. The molecular weight excluding hydrogens is 1590 g/mol. The summed E-state index contributed by atoms with van der Waals surface area (Å²) in [4.78, 5) is 0. The van der Waals surface area contributed by atoms with Crippen molar-refractivity contribution in [3.8, 4) is 112 Å². The van der Waals surface area contributed by atoms with Gasteiger partial charge in [-0.15, -0.1) is 0 Å². The van der Waals surface area contributed by atoms with Crippen molar-refractivity contribution in [3.05, 3.63) is 507 Å². The molecule has 0 N–H and O–H groups in total. The topological polar surface area (TPSA) is 51.9 Å². The third kappa shape index (κ3) is 12.9. The maximum atomic E-state index is 5.02. The summed E-state index contributed by atoms with van der Waals surface area (Å²) in [6, 6.07) is 172. The van der Waals surface area contributed by atoms with Crippen LogP contribution >= 0.6 is 0 Å². The number of aromatic nitrogens is 6. The number of hydrogen-bond donors (Lipinski definition) is 0. The van der Waals surface area contributed by atoms with Gasteiger partial charge in [-0.3, -0.25) is 0 Å². The fraction of sp³-hybridized carbons (Fsp3) is 0.0320. The van der Waals surface area contributed by atoms with Crippen LogP contribution in [0.25, 0.3) is 204 Å². The Morgan fingerprint density at radius 1 is 0.183 bits per heavy atom. The number of nitrogens with zero attached hydrogens (tertiary/aromatic N) is 6. The van der Waals surface area contributed by atoms with Crippen molar-refractivity contribution in [2.45, 2.75) is 24.7 Å². The fourth-order valence-corrected chi connectivity index (χ4v) is 21.2. The van der Waals surface area contributed by atoms with E-state index in [1.54, 1.807) is 0 Å². The third-order valence-corrected chi connectivity index (χ3v) is 27.7. The lowest BCUT2D eigenvalue weighted by molar-refractivity contribution is 0.660. The van der Waals surface area contributed by atoms with Crippen molar-refractivity contribution >= 4 is 92.3 Å². The van der Waals surface area contributed by atoms with E-state index in [1.165, 1.54) is 171 Å². The van der Waals surface area contributed by atoms with Crippen LogP contribution in [-0.2, 0) is 10.8 Å². The van der Waals surface area contributed by atoms with Crippen LogP contribution in [0.2, 0.25) is 0 Å². The van der Waals surface area contributed by atoms with Gasteiger partial charge >= 0.3 is 0 Å². The number of rotatable bonds is 10. The average molecular weight is 1670 g/mol. The number of hydrogen-bond acceptors (Lipinski definition) is 3. The van der Waals surface area contributed by atoms with Crippen molar-refractivity contribution in [2.24, 2.45) is 0 Å². The quantitative estimate of drug-likeness (QED) is 0.128. The minimum absolute atomic E-state index is 0.0151. The van der Waals surface area contributed by atoms with E-state index in [9.17, 15) is 0 Å². The molecule has 0 unspecified atom stereocenters. The molecule has 6 heteroatoms. The zero-order valence-electron chi connectivity index (χ0n) is 72.2. The molecule has 0 radical (unpaired) electrons. The van der Waals surface area contributed by atoms with E-state index in [-0.39, 0.29) is 5.41 Å². The van der Waals surface area contributed by atoms with E-state index in [1.807, 2.05) is 13.5 Å². The highest BCUT2D eigenvalue weighted by Crippen LogP contribution is 2.58. The lowest BCUT2D eigenvalue weighted by Gasteiger charge is -2.34. The van der Waals surface area contributed by atoms with Crippen molar-refractivity contribution in [3.63, 3.8) is 0 Å². The second kappa shape index (κ2) is 31.0. The van der Waals surface area contributed by atoms with E-state index in [0.29, 0.717) is 0 Å². The minimum Gasteiger partial charge on any atom is -0.232 e. The Kier molecular flexibility index (Phi) is 18.1. The van der Waals surface area contributed by atoms with Crippen LogP contribution in [0.15, 0.2) is 473 Å². The van der Waals surface area contributed by atoms with Gasteiger partial charge in [-0.25, -0.2) is 13.5 Å². The summed E-state index contributed by atoms with van der Waals surface area (Å²) in [6.45, 7) is 4.66. The highest BCUT2D eigenvalue weighted by molar-refractivity contribution is 6.23. The van der Waals surface area contributed by atoms with E-state index in [2.05, 4.69) is 487 Å². The molecule has 2 aliphatic carbocycles. The van der Waals surface area contributed by atoms with Gasteiger partial charge in [-0.2, -0.15) is 15.3 Å². The Morgan fingerprint density at radius 3 is 0.947 bits per heavy atom. The smallest absolute Gasteiger partial charge is 0.0933 e. The van der Waals surface area contributed by atoms with Gasteiger partial charge < -0.3 is 0 Å². The van der Waals surface area contributed by atoms with E-state index in [0.717, 1.165) is 66.9 Å². The third-order valence-electron chi connectivity index (χ3n) is 27.7. The van der Waals surface area contributed by atoms with Crippen molar-refractivity contribution < 1.29 is 0 Å². The first-order chi connectivity index (χ1) is 64.6. The predicted molar refractivity (Wildman–Crippen MR) is 546 cm³/mol. The molecule has 0 saturated heterocycles. The molecular formula is C125H84N6. The summed E-state index contributed by atoms with van der Waals surface area (Å²) in [5, 5.41) is 28.5. The highest BCUT2D eigenvalue weighted by atomic mass is 15.2. The molecule has 0 aliphatic heterocycles. The van der Waals surface area contributed by atoms with Crippen molar-refractivity contribution in [1.82, 2.24) is 28.8 Å². The molecule has 6 heterocycles. The van der Waals surface area contributed by atoms with E-state index >= 15 is 0 Å². The Morgan fingerprint density at radius 2 is 0.489 bits per heavy atom. The number of pyridine rings is 3. The van der Waals surface area contributed by atoms with Crippen LogP contribution in [0.4, 0.5) is 0 Å². The lowest BCUT2D eigenvalue weighted by Crippen LogP contribution is -2.28. The fourth-order valence-electron chi connectivity index (χ4n) is 21.2. The average Bonchev–Trinajstić information content (AvgIpc) is 1.55. The molecule has 2 aliphatic rings. The summed E-state index contributed by atoms with van der Waals surface area (Å²) in [7, 11) is 0. The van der Waals surface area contributed by atoms with Crippen LogP contribution in [0.1, 0.15) is 47.2 Å². The zero-order chi connectivity index (χ0) is 86.8. The van der Waals surface area contributed by atoms with Gasteiger partial charge in [0, 0.05) is 38.3 Å². The lowest BCUT2D eigenvalue weighted by atomic mass is 9.67. The van der Waals surface area contributed by atoms with Gasteiger partial charge in [0.15, 0.2) is 0 Å². The van der Waals surface area contributed by atoms with Gasteiger partial charge in [0.25, 0.3) is 0 Å². The summed E-state index contributed by atoms with van der Waals surface area (Å²) >= 11 is 0. The van der Waals surface area contributed by atoms with Gasteiger partial charge in [0.2, 0.25) is 0 Å². The molecule has 0 fully saturated rings. The first-order valence-corrected chi connectivity index (χ1v) is 45.2. The van der Waals surface area contributed by atoms with Crippen LogP contribution in [0.5, 0.6) is 0 Å². The first-order valence-electron chi connectivity index (χ1n) is 45.2. The zero-order valence-corrected chi connectivity index (χ0v) is 72.2. The molecule has 6 aromatic heterocycles. The largest absolute Gasteiger partial charge is 0.232 e. The Balaban J connectivity index is 0.000000108. The molecule has 6 nitrogen and oxygen atoms in total. The molecule has 0 atom stereocenters. The number of benzene rings is 19. The Hall–Kier alpha value is -16.9.